The number of nitrogens with one attached hydrogen (secondary N) is 2. The molecule has 0 aromatic heterocycles. The van der Waals surface area contributed by atoms with Crippen LogP contribution in [0.1, 0.15) is 30.1 Å². The van der Waals surface area contributed by atoms with E-state index in [9.17, 15) is 24.3 Å². The fourth-order valence-corrected chi connectivity index (χ4v) is 2.66. The van der Waals surface area contributed by atoms with E-state index in [4.69, 9.17) is 4.74 Å². The molecule has 3 N–H and O–H groups in total. The minimum Gasteiger partial charge on any atom is -0.491 e. The molecule has 1 aromatic rings. The van der Waals surface area contributed by atoms with Gasteiger partial charge in [0.25, 0.3) is 5.91 Å². The Hall–Kier alpha value is -3.10. The van der Waals surface area contributed by atoms with Crippen molar-refractivity contribution in [3.63, 3.8) is 0 Å². The molecule has 0 saturated heterocycles. The quantitative estimate of drug-likeness (QED) is 0.667. The molecule has 2 rings (SSSR count). The molecule has 1 atom stereocenters. The lowest BCUT2D eigenvalue weighted by molar-refractivity contribution is -0.140. The van der Waals surface area contributed by atoms with Gasteiger partial charge in [-0.05, 0) is 25.5 Å². The predicted octanol–water partition coefficient (Wildman–Crippen LogP) is 0.00690. The van der Waals surface area contributed by atoms with Crippen molar-refractivity contribution in [2.24, 2.45) is 0 Å². The first-order valence-electron chi connectivity index (χ1n) is 8.72. The Morgan fingerprint density at radius 1 is 1.30 bits per heavy atom. The lowest BCUT2D eigenvalue weighted by atomic mass is 10.1. The first-order chi connectivity index (χ1) is 12.9. The molecule has 1 heterocycles. The van der Waals surface area contributed by atoms with Gasteiger partial charge in [0.1, 0.15) is 18.4 Å². The first-order valence-corrected chi connectivity index (χ1v) is 8.72. The van der Waals surface area contributed by atoms with Crippen LogP contribution in [0.15, 0.2) is 24.3 Å². The molecule has 1 aliphatic rings. The van der Waals surface area contributed by atoms with E-state index in [1.54, 1.807) is 25.1 Å². The number of hydrogen-bond acceptors (Lipinski definition) is 5. The van der Waals surface area contributed by atoms with E-state index in [1.807, 2.05) is 0 Å². The lowest BCUT2D eigenvalue weighted by Gasteiger charge is -2.21. The third-order valence-electron chi connectivity index (χ3n) is 4.13. The summed E-state index contributed by atoms with van der Waals surface area (Å²) in [6.07, 6.45) is -0.183. The van der Waals surface area contributed by atoms with E-state index in [0.717, 1.165) is 0 Å². The molecule has 9 nitrogen and oxygen atoms in total. The third kappa shape index (κ3) is 5.70. The molecular weight excluding hydrogens is 354 g/mol. The van der Waals surface area contributed by atoms with Gasteiger partial charge in [0, 0.05) is 13.0 Å². The second-order valence-corrected chi connectivity index (χ2v) is 6.01. The van der Waals surface area contributed by atoms with Crippen LogP contribution in [0.25, 0.3) is 0 Å². The summed E-state index contributed by atoms with van der Waals surface area (Å²) >= 11 is 0. The number of aliphatic carboxylic acids is 1. The van der Waals surface area contributed by atoms with Crippen molar-refractivity contribution in [1.29, 1.82) is 0 Å². The Bertz CT molecular complexity index is 721. The molecule has 0 radical (unpaired) electrons. The zero-order valence-corrected chi connectivity index (χ0v) is 15.1. The average molecular weight is 377 g/mol. The van der Waals surface area contributed by atoms with Crippen LogP contribution in [0.2, 0.25) is 0 Å². The number of carboxylic acid groups (broad SMARTS) is 1. The van der Waals surface area contributed by atoms with Crippen LogP contribution >= 0.6 is 0 Å². The summed E-state index contributed by atoms with van der Waals surface area (Å²) in [4.78, 5) is 49.6. The van der Waals surface area contributed by atoms with E-state index in [-0.39, 0.29) is 55.7 Å². The molecule has 1 aliphatic heterocycles. The van der Waals surface area contributed by atoms with Gasteiger partial charge in [-0.25, -0.2) is 4.79 Å². The van der Waals surface area contributed by atoms with Gasteiger partial charge >= 0.3 is 5.97 Å². The third-order valence-corrected chi connectivity index (χ3v) is 4.13. The van der Waals surface area contributed by atoms with Gasteiger partial charge in [-0.1, -0.05) is 12.1 Å². The maximum absolute atomic E-state index is 12.5. The van der Waals surface area contributed by atoms with Crippen molar-refractivity contribution in [3.8, 4) is 5.75 Å². The predicted molar refractivity (Wildman–Crippen MR) is 95.3 cm³/mol. The molecule has 27 heavy (non-hydrogen) atoms. The number of carboxylic acids is 1. The van der Waals surface area contributed by atoms with E-state index < -0.39 is 17.9 Å². The molecule has 1 aromatic carbocycles. The monoisotopic (exact) mass is 377 g/mol. The van der Waals surface area contributed by atoms with Gasteiger partial charge in [-0.3, -0.25) is 14.4 Å². The number of carbonyl (C=O) groups is 4. The summed E-state index contributed by atoms with van der Waals surface area (Å²) in [5.74, 6) is -2.23. The number of amides is 3. The van der Waals surface area contributed by atoms with E-state index in [1.165, 1.54) is 11.0 Å². The maximum Gasteiger partial charge on any atom is 0.326 e. The Balaban J connectivity index is 2.25. The molecule has 0 aliphatic carbocycles. The van der Waals surface area contributed by atoms with Gasteiger partial charge < -0.3 is 25.4 Å². The number of benzene rings is 1. The normalized spacial score (nSPS) is 19.7. The summed E-state index contributed by atoms with van der Waals surface area (Å²) in [6, 6.07) is 5.20. The molecule has 9 heteroatoms. The standard InChI is InChI=1S/C18H23N3O6/c1-2-21-11-15(22)19-9-10-27-14-6-4-3-5-12(14)17(24)20-13(18(25)26)7-8-16(21)23/h3-6,13H,2,7-11H2,1H3,(H,19,22)(H,20,24)(H,25,26)/t13-/m0/s1. The Morgan fingerprint density at radius 3 is 2.74 bits per heavy atom. The number of carbonyl (C=O) groups excluding carboxylic acids is 3. The van der Waals surface area contributed by atoms with Crippen LogP contribution < -0.4 is 15.4 Å². The van der Waals surface area contributed by atoms with Crippen molar-refractivity contribution < 1.29 is 29.0 Å². The topological polar surface area (TPSA) is 125 Å². The minimum atomic E-state index is -1.24. The lowest BCUT2D eigenvalue weighted by Crippen LogP contribution is -2.43. The number of ether oxygens (including phenoxy) is 1. The second-order valence-electron chi connectivity index (χ2n) is 6.01. The van der Waals surface area contributed by atoms with Gasteiger partial charge in [-0.2, -0.15) is 0 Å². The van der Waals surface area contributed by atoms with Gasteiger partial charge in [0.15, 0.2) is 0 Å². The van der Waals surface area contributed by atoms with Crippen LogP contribution in [-0.4, -0.2) is 66.0 Å². The van der Waals surface area contributed by atoms with Crippen LogP contribution in [0.4, 0.5) is 0 Å². The van der Waals surface area contributed by atoms with Gasteiger partial charge in [-0.15, -0.1) is 0 Å². The molecule has 0 spiro atoms. The highest BCUT2D eigenvalue weighted by Crippen LogP contribution is 2.18. The maximum atomic E-state index is 12.5. The van der Waals surface area contributed by atoms with Crippen LogP contribution in [0.5, 0.6) is 5.75 Å². The number of nitrogens with zero attached hydrogens (tertiary/aromatic N) is 1. The second kappa shape index (κ2) is 9.56. The summed E-state index contributed by atoms with van der Waals surface area (Å²) in [5.41, 5.74) is 0.187. The van der Waals surface area contributed by atoms with Crippen molar-refractivity contribution in [2.75, 3.05) is 26.2 Å². The van der Waals surface area contributed by atoms with E-state index in [2.05, 4.69) is 10.6 Å². The molecule has 0 bridgehead atoms. The first kappa shape index (κ1) is 20.2. The van der Waals surface area contributed by atoms with Gasteiger partial charge in [0.2, 0.25) is 11.8 Å². The molecule has 0 unspecified atom stereocenters. The van der Waals surface area contributed by atoms with Crippen molar-refractivity contribution in [2.45, 2.75) is 25.8 Å². The Kier molecular flexibility index (Phi) is 7.16. The van der Waals surface area contributed by atoms with Gasteiger partial charge in [0.05, 0.1) is 18.7 Å². The number of para-hydroxylation sites is 1. The number of hydrogen-bond donors (Lipinski definition) is 3. The molecule has 3 amide bonds. The van der Waals surface area contributed by atoms with E-state index in [0.29, 0.717) is 6.54 Å². The number of rotatable bonds is 2. The summed E-state index contributed by atoms with van der Waals surface area (Å²) in [6.45, 7) is 2.26. The summed E-state index contributed by atoms with van der Waals surface area (Å²) in [7, 11) is 0. The number of likely N-dealkylation sites (N-methyl/N-ethyl adjacent to an activating group) is 1. The smallest absolute Gasteiger partial charge is 0.326 e. The van der Waals surface area contributed by atoms with Crippen LogP contribution in [-0.2, 0) is 14.4 Å². The van der Waals surface area contributed by atoms with Crippen molar-refractivity contribution in [3.05, 3.63) is 29.8 Å². The highest BCUT2D eigenvalue weighted by molar-refractivity contribution is 5.99. The van der Waals surface area contributed by atoms with Crippen molar-refractivity contribution in [1.82, 2.24) is 15.5 Å². The number of fused-ring (bicyclic) bond motifs is 1. The molecule has 146 valence electrons. The summed E-state index contributed by atoms with van der Waals surface area (Å²) < 4.78 is 5.55. The summed E-state index contributed by atoms with van der Waals surface area (Å²) in [5, 5.41) is 14.5. The fraction of sp³-hybridized carbons (Fsp3) is 0.444. The fourth-order valence-electron chi connectivity index (χ4n) is 2.66. The highest BCUT2D eigenvalue weighted by Gasteiger charge is 2.25. The Labute approximate surface area is 156 Å². The zero-order chi connectivity index (χ0) is 19.8. The zero-order valence-electron chi connectivity index (χ0n) is 15.1. The SMILES string of the molecule is CCN1CC(=O)NCCOc2ccccc2C(=O)N[C@H](C(=O)O)CCC1=O. The molecular formula is C18H23N3O6. The Morgan fingerprint density at radius 2 is 2.04 bits per heavy atom. The van der Waals surface area contributed by atoms with Crippen molar-refractivity contribution >= 4 is 23.7 Å². The molecule has 0 saturated carbocycles. The highest BCUT2D eigenvalue weighted by atomic mass is 16.5. The molecule has 0 fully saturated rings. The minimum absolute atomic E-state index is 0.0823. The van der Waals surface area contributed by atoms with Crippen LogP contribution in [0.3, 0.4) is 0 Å². The average Bonchev–Trinajstić information content (AvgIpc) is 2.65. The van der Waals surface area contributed by atoms with Crippen LogP contribution in [0, 0.1) is 0 Å². The largest absolute Gasteiger partial charge is 0.491 e. The van der Waals surface area contributed by atoms with E-state index >= 15 is 0 Å².